The summed E-state index contributed by atoms with van der Waals surface area (Å²) in [4.78, 5) is 53.8. The molecular formula is C29H28N2O7. The highest BCUT2D eigenvalue weighted by molar-refractivity contribution is 6.22. The Labute approximate surface area is 220 Å². The molecule has 38 heavy (non-hydrogen) atoms. The number of methoxy groups -OCH3 is 2. The zero-order valence-corrected chi connectivity index (χ0v) is 21.4. The quantitative estimate of drug-likeness (QED) is 0.229. The molecule has 3 aromatic carbocycles. The van der Waals surface area contributed by atoms with Gasteiger partial charge in [-0.25, -0.2) is 9.69 Å². The van der Waals surface area contributed by atoms with E-state index < -0.39 is 24.4 Å². The van der Waals surface area contributed by atoms with Gasteiger partial charge in [0.05, 0.1) is 37.9 Å². The van der Waals surface area contributed by atoms with Crippen molar-refractivity contribution in [1.82, 2.24) is 4.90 Å². The van der Waals surface area contributed by atoms with Crippen LogP contribution in [0.3, 0.4) is 0 Å². The predicted octanol–water partition coefficient (Wildman–Crippen LogP) is 3.51. The van der Waals surface area contributed by atoms with Crippen molar-refractivity contribution in [3.8, 4) is 11.5 Å². The fourth-order valence-electron chi connectivity index (χ4n) is 4.27. The van der Waals surface area contributed by atoms with Crippen molar-refractivity contribution < 1.29 is 33.4 Å². The minimum atomic E-state index is -0.704. The van der Waals surface area contributed by atoms with E-state index >= 15 is 0 Å². The van der Waals surface area contributed by atoms with E-state index in [0.29, 0.717) is 29.3 Å². The molecule has 1 aliphatic rings. The summed E-state index contributed by atoms with van der Waals surface area (Å²) in [6.45, 7) is 0.0692. The number of esters is 1. The molecule has 9 heteroatoms. The first-order valence-electron chi connectivity index (χ1n) is 12.0. The second kappa shape index (κ2) is 11.7. The molecule has 0 aromatic heterocycles. The first-order chi connectivity index (χ1) is 18.3. The number of hydrogen-bond donors (Lipinski definition) is 0. The molecular weight excluding hydrogens is 488 g/mol. The molecule has 0 bridgehead atoms. The first kappa shape index (κ1) is 26.6. The molecule has 1 atom stereocenters. The number of rotatable bonds is 10. The van der Waals surface area contributed by atoms with Gasteiger partial charge in [0.1, 0.15) is 0 Å². The molecule has 0 saturated carbocycles. The van der Waals surface area contributed by atoms with Crippen LogP contribution in [0.15, 0.2) is 72.8 Å². The lowest BCUT2D eigenvalue weighted by atomic mass is 10.1. The molecule has 1 aliphatic heterocycles. The number of carbonyl (C=O) groups excluding carboxylic acids is 4. The maximum atomic E-state index is 13.1. The number of carbonyl (C=O) groups is 4. The van der Waals surface area contributed by atoms with E-state index in [1.165, 1.54) is 44.6 Å². The molecule has 4 rings (SSSR count). The second-order valence-electron chi connectivity index (χ2n) is 8.80. The van der Waals surface area contributed by atoms with E-state index in [-0.39, 0.29) is 23.8 Å². The Morgan fingerprint density at radius 1 is 0.895 bits per heavy atom. The van der Waals surface area contributed by atoms with Crippen LogP contribution < -0.4 is 14.4 Å². The third-order valence-electron chi connectivity index (χ3n) is 6.33. The number of benzene rings is 3. The summed E-state index contributed by atoms with van der Waals surface area (Å²) in [5.41, 5.74) is 1.91. The van der Waals surface area contributed by atoms with Gasteiger partial charge in [0.2, 0.25) is 5.91 Å². The summed E-state index contributed by atoms with van der Waals surface area (Å²) < 4.78 is 15.5. The summed E-state index contributed by atoms with van der Waals surface area (Å²) in [6, 6.07) is 19.7. The van der Waals surface area contributed by atoms with Gasteiger partial charge < -0.3 is 14.2 Å². The van der Waals surface area contributed by atoms with Crippen LogP contribution in [-0.2, 0) is 20.9 Å². The van der Waals surface area contributed by atoms with Crippen LogP contribution in [0.25, 0.3) is 0 Å². The largest absolute Gasteiger partial charge is 0.493 e. The summed E-state index contributed by atoms with van der Waals surface area (Å²) in [6.07, 6.45) is 0.0736. The summed E-state index contributed by atoms with van der Waals surface area (Å²) in [5.74, 6) is -0.871. The summed E-state index contributed by atoms with van der Waals surface area (Å²) in [5, 5.41) is 0. The minimum Gasteiger partial charge on any atom is -0.493 e. The Balaban J connectivity index is 1.37. The van der Waals surface area contributed by atoms with E-state index in [2.05, 4.69) is 0 Å². The van der Waals surface area contributed by atoms with E-state index in [9.17, 15) is 19.2 Å². The smallest absolute Gasteiger partial charge is 0.338 e. The average Bonchev–Trinajstić information content (AvgIpc) is 3.25. The lowest BCUT2D eigenvalue weighted by Gasteiger charge is -2.23. The average molecular weight is 517 g/mol. The molecule has 3 aromatic rings. The number of likely N-dealkylation sites (N-methyl/N-ethyl adjacent to an activating group) is 1. The van der Waals surface area contributed by atoms with Crippen molar-refractivity contribution in [3.63, 3.8) is 0 Å². The van der Waals surface area contributed by atoms with Gasteiger partial charge in [0, 0.05) is 12.1 Å². The van der Waals surface area contributed by atoms with Crippen molar-refractivity contribution in [2.75, 3.05) is 32.8 Å². The van der Waals surface area contributed by atoms with E-state index in [4.69, 9.17) is 14.2 Å². The zero-order chi connectivity index (χ0) is 27.2. The zero-order valence-electron chi connectivity index (χ0n) is 21.4. The number of Topliss-reactive ketones (excluding diaryl/α,β-unsaturated/α-hetero) is 1. The van der Waals surface area contributed by atoms with Crippen molar-refractivity contribution in [3.05, 3.63) is 89.5 Å². The predicted molar refractivity (Wildman–Crippen MR) is 139 cm³/mol. The topological polar surface area (TPSA) is 102 Å². The normalized spacial score (nSPS) is 15.1. The molecule has 1 saturated heterocycles. The van der Waals surface area contributed by atoms with Crippen LogP contribution in [0.4, 0.5) is 5.69 Å². The number of nitrogens with zero attached hydrogens (tertiary/aromatic N) is 2. The Morgan fingerprint density at radius 2 is 1.55 bits per heavy atom. The van der Waals surface area contributed by atoms with Gasteiger partial charge in [-0.2, -0.15) is 0 Å². The fraction of sp³-hybridized carbons (Fsp3) is 0.241. The molecule has 9 nitrogen and oxygen atoms in total. The molecule has 0 aliphatic carbocycles. The van der Waals surface area contributed by atoms with Crippen molar-refractivity contribution in [2.24, 2.45) is 0 Å². The Bertz CT molecular complexity index is 1340. The maximum absolute atomic E-state index is 13.1. The Morgan fingerprint density at radius 3 is 2.21 bits per heavy atom. The van der Waals surface area contributed by atoms with Gasteiger partial charge in [-0.15, -0.1) is 0 Å². The highest BCUT2D eigenvalue weighted by atomic mass is 16.5. The van der Waals surface area contributed by atoms with E-state index in [0.717, 1.165) is 10.5 Å². The van der Waals surface area contributed by atoms with Crippen LogP contribution in [-0.4, -0.2) is 62.4 Å². The SMILES string of the molecule is COc1ccc(C(=O)COC(=O)c2ccc(N3C(=O)CC(N(C)Cc4ccccc4)C3=O)cc2)cc1OC. The third kappa shape index (κ3) is 5.73. The van der Waals surface area contributed by atoms with Gasteiger partial charge in [-0.1, -0.05) is 30.3 Å². The maximum Gasteiger partial charge on any atom is 0.338 e. The lowest BCUT2D eigenvalue weighted by Crippen LogP contribution is -2.39. The Kier molecular flexibility index (Phi) is 8.18. The highest BCUT2D eigenvalue weighted by Crippen LogP contribution is 2.28. The molecule has 1 unspecified atom stereocenters. The fourth-order valence-corrected chi connectivity index (χ4v) is 4.27. The van der Waals surface area contributed by atoms with Gasteiger partial charge in [-0.3, -0.25) is 19.3 Å². The number of ketones is 1. The van der Waals surface area contributed by atoms with Crippen LogP contribution in [0.5, 0.6) is 11.5 Å². The van der Waals surface area contributed by atoms with Crippen molar-refractivity contribution in [1.29, 1.82) is 0 Å². The summed E-state index contributed by atoms with van der Waals surface area (Å²) in [7, 11) is 4.77. The Hall–Kier alpha value is -4.50. The van der Waals surface area contributed by atoms with E-state index in [1.54, 1.807) is 12.1 Å². The van der Waals surface area contributed by atoms with Crippen LogP contribution >= 0.6 is 0 Å². The van der Waals surface area contributed by atoms with Crippen LogP contribution in [0.1, 0.15) is 32.7 Å². The van der Waals surface area contributed by atoms with Crippen molar-refractivity contribution in [2.45, 2.75) is 19.0 Å². The monoisotopic (exact) mass is 516 g/mol. The second-order valence-corrected chi connectivity index (χ2v) is 8.80. The minimum absolute atomic E-state index is 0.0736. The number of anilines is 1. The van der Waals surface area contributed by atoms with Crippen LogP contribution in [0.2, 0.25) is 0 Å². The molecule has 0 spiro atoms. The molecule has 2 amide bonds. The standard InChI is InChI=1S/C29H28N2O7/c1-30(17-19-7-5-4-6-8-19)23-16-27(33)31(28(23)34)22-12-9-20(10-13-22)29(35)38-18-24(32)21-11-14-25(36-2)26(15-21)37-3/h4-15,23H,16-18H2,1-3H3. The number of imide groups is 1. The molecule has 0 radical (unpaired) electrons. The number of hydrogen-bond acceptors (Lipinski definition) is 8. The molecule has 1 heterocycles. The number of amides is 2. The highest BCUT2D eigenvalue weighted by Gasteiger charge is 2.41. The van der Waals surface area contributed by atoms with Gasteiger partial charge in [-0.05, 0) is 55.1 Å². The number of ether oxygens (including phenoxy) is 3. The first-order valence-corrected chi connectivity index (χ1v) is 12.0. The summed E-state index contributed by atoms with van der Waals surface area (Å²) >= 11 is 0. The van der Waals surface area contributed by atoms with Gasteiger partial charge >= 0.3 is 5.97 Å². The molecule has 0 N–H and O–H groups in total. The molecule has 1 fully saturated rings. The van der Waals surface area contributed by atoms with Gasteiger partial charge in [0.25, 0.3) is 5.91 Å². The lowest BCUT2D eigenvalue weighted by molar-refractivity contribution is -0.122. The van der Waals surface area contributed by atoms with Crippen LogP contribution in [0, 0.1) is 0 Å². The van der Waals surface area contributed by atoms with Gasteiger partial charge in [0.15, 0.2) is 23.9 Å². The van der Waals surface area contributed by atoms with Crippen molar-refractivity contribution >= 4 is 29.3 Å². The third-order valence-corrected chi connectivity index (χ3v) is 6.33. The molecule has 196 valence electrons. The van der Waals surface area contributed by atoms with E-state index in [1.807, 2.05) is 42.3 Å².